The summed E-state index contributed by atoms with van der Waals surface area (Å²) in [6.07, 6.45) is 1.12. The van der Waals surface area contributed by atoms with Crippen LogP contribution in [0.1, 0.15) is 36.3 Å². The first kappa shape index (κ1) is 18.1. The SMILES string of the molecule is CC1(C)CC(=O)c2c(nc(Nc3ccccc3)nc2Nc2ccc(F)cc2)C1. The highest BCUT2D eigenvalue weighted by Gasteiger charge is 2.35. The molecule has 4 rings (SSSR count). The third kappa shape index (κ3) is 3.86. The van der Waals surface area contributed by atoms with Crippen LogP contribution in [-0.2, 0) is 6.42 Å². The van der Waals surface area contributed by atoms with Crippen molar-refractivity contribution in [3.05, 3.63) is 71.7 Å². The van der Waals surface area contributed by atoms with Crippen LogP contribution < -0.4 is 10.6 Å². The minimum atomic E-state index is -0.320. The Bertz CT molecular complexity index is 1020. The lowest BCUT2D eigenvalue weighted by Crippen LogP contribution is -2.29. The summed E-state index contributed by atoms with van der Waals surface area (Å²) in [6, 6.07) is 15.6. The number of rotatable bonds is 4. The van der Waals surface area contributed by atoms with Gasteiger partial charge in [0.15, 0.2) is 5.78 Å². The number of para-hydroxylation sites is 1. The number of benzene rings is 2. The van der Waals surface area contributed by atoms with Gasteiger partial charge in [0.1, 0.15) is 11.6 Å². The van der Waals surface area contributed by atoms with Gasteiger partial charge >= 0.3 is 0 Å². The second-order valence-electron chi connectivity index (χ2n) is 7.78. The largest absolute Gasteiger partial charge is 0.339 e. The Hall–Kier alpha value is -3.28. The number of halogens is 1. The second kappa shape index (κ2) is 7.03. The van der Waals surface area contributed by atoms with Crippen molar-refractivity contribution in [1.82, 2.24) is 9.97 Å². The predicted molar refractivity (Wildman–Crippen MR) is 108 cm³/mol. The summed E-state index contributed by atoms with van der Waals surface area (Å²) in [5.74, 6) is 0.553. The van der Waals surface area contributed by atoms with E-state index in [1.165, 1.54) is 12.1 Å². The number of aromatic nitrogens is 2. The Morgan fingerprint density at radius 1 is 0.893 bits per heavy atom. The predicted octanol–water partition coefficient (Wildman–Crippen LogP) is 5.26. The third-order valence-electron chi connectivity index (χ3n) is 4.68. The molecule has 0 bridgehead atoms. The molecule has 6 heteroatoms. The molecular formula is C22H21FN4O. The lowest BCUT2D eigenvalue weighted by atomic mass is 9.75. The Kier molecular flexibility index (Phi) is 4.55. The maximum Gasteiger partial charge on any atom is 0.229 e. The summed E-state index contributed by atoms with van der Waals surface area (Å²) in [7, 11) is 0. The fourth-order valence-corrected chi connectivity index (χ4v) is 3.43. The molecule has 0 saturated heterocycles. The molecule has 0 aliphatic heterocycles. The van der Waals surface area contributed by atoms with E-state index in [0.717, 1.165) is 11.4 Å². The first-order valence-corrected chi connectivity index (χ1v) is 9.18. The van der Waals surface area contributed by atoms with Crippen LogP contribution in [0.4, 0.5) is 27.5 Å². The monoisotopic (exact) mass is 376 g/mol. The molecule has 0 fully saturated rings. The van der Waals surface area contributed by atoms with E-state index < -0.39 is 0 Å². The Morgan fingerprint density at radius 2 is 1.57 bits per heavy atom. The summed E-state index contributed by atoms with van der Waals surface area (Å²) in [5, 5.41) is 6.36. The van der Waals surface area contributed by atoms with Crippen LogP contribution >= 0.6 is 0 Å². The Balaban J connectivity index is 1.77. The van der Waals surface area contributed by atoms with Gasteiger partial charge in [0.05, 0.1) is 11.3 Å². The van der Waals surface area contributed by atoms with E-state index >= 15 is 0 Å². The molecule has 1 heterocycles. The summed E-state index contributed by atoms with van der Waals surface area (Å²) >= 11 is 0. The first-order valence-electron chi connectivity index (χ1n) is 9.18. The number of Topliss-reactive ketones (excluding diaryl/α,β-unsaturated/α-hetero) is 1. The normalized spacial score (nSPS) is 15.0. The number of carbonyl (C=O) groups is 1. The van der Waals surface area contributed by atoms with Crippen molar-refractivity contribution in [2.24, 2.45) is 5.41 Å². The summed E-state index contributed by atoms with van der Waals surface area (Å²) < 4.78 is 13.2. The molecule has 1 aromatic heterocycles. The number of carbonyl (C=O) groups excluding carboxylic acids is 1. The highest BCUT2D eigenvalue weighted by Crippen LogP contribution is 2.37. The molecule has 2 aromatic carbocycles. The highest BCUT2D eigenvalue weighted by molar-refractivity contribution is 6.03. The highest BCUT2D eigenvalue weighted by atomic mass is 19.1. The topological polar surface area (TPSA) is 66.9 Å². The van der Waals surface area contributed by atoms with E-state index in [4.69, 9.17) is 0 Å². The molecule has 3 aromatic rings. The molecule has 0 spiro atoms. The van der Waals surface area contributed by atoms with Crippen LogP contribution in [0.2, 0.25) is 0 Å². The van der Waals surface area contributed by atoms with Gasteiger partial charge in [0.25, 0.3) is 0 Å². The van der Waals surface area contributed by atoms with E-state index in [2.05, 4.69) is 34.4 Å². The molecule has 0 atom stereocenters. The molecule has 0 amide bonds. The number of fused-ring (bicyclic) bond motifs is 1. The average molecular weight is 376 g/mol. The van der Waals surface area contributed by atoms with Gasteiger partial charge < -0.3 is 10.6 Å². The number of hydrogen-bond acceptors (Lipinski definition) is 5. The third-order valence-corrected chi connectivity index (χ3v) is 4.68. The zero-order valence-corrected chi connectivity index (χ0v) is 15.8. The van der Waals surface area contributed by atoms with Crippen molar-refractivity contribution in [3.63, 3.8) is 0 Å². The van der Waals surface area contributed by atoms with Crippen LogP contribution in [0.15, 0.2) is 54.6 Å². The fraction of sp³-hybridized carbons (Fsp3) is 0.227. The summed E-state index contributed by atoms with van der Waals surface area (Å²) in [6.45, 7) is 4.13. The van der Waals surface area contributed by atoms with Crippen molar-refractivity contribution in [1.29, 1.82) is 0 Å². The maximum atomic E-state index is 13.2. The van der Waals surface area contributed by atoms with Gasteiger partial charge in [-0.3, -0.25) is 4.79 Å². The molecule has 5 nitrogen and oxygen atoms in total. The van der Waals surface area contributed by atoms with E-state index in [1.807, 2.05) is 30.3 Å². The average Bonchev–Trinajstić information content (AvgIpc) is 2.63. The number of hydrogen-bond donors (Lipinski definition) is 2. The molecule has 2 N–H and O–H groups in total. The Labute approximate surface area is 163 Å². The maximum absolute atomic E-state index is 13.2. The number of ketones is 1. The number of nitrogens with zero attached hydrogens (tertiary/aromatic N) is 2. The van der Waals surface area contributed by atoms with Crippen LogP contribution in [0.3, 0.4) is 0 Å². The van der Waals surface area contributed by atoms with Crippen molar-refractivity contribution < 1.29 is 9.18 Å². The van der Waals surface area contributed by atoms with Crippen molar-refractivity contribution >= 4 is 28.9 Å². The van der Waals surface area contributed by atoms with Gasteiger partial charge in [-0.1, -0.05) is 32.0 Å². The van der Waals surface area contributed by atoms with Crippen LogP contribution in [-0.4, -0.2) is 15.8 Å². The van der Waals surface area contributed by atoms with Crippen LogP contribution in [0.5, 0.6) is 0 Å². The van der Waals surface area contributed by atoms with Crippen LogP contribution in [0, 0.1) is 11.2 Å². The molecule has 142 valence electrons. The zero-order chi connectivity index (χ0) is 19.7. The van der Waals surface area contributed by atoms with Gasteiger partial charge in [-0.05, 0) is 48.2 Å². The van der Waals surface area contributed by atoms with E-state index in [0.29, 0.717) is 35.9 Å². The van der Waals surface area contributed by atoms with E-state index in [1.54, 1.807) is 12.1 Å². The molecular weight excluding hydrogens is 355 g/mol. The lowest BCUT2D eigenvalue weighted by molar-refractivity contribution is 0.0911. The molecule has 1 aliphatic carbocycles. The van der Waals surface area contributed by atoms with E-state index in [-0.39, 0.29) is 17.0 Å². The molecule has 0 unspecified atom stereocenters. The standard InChI is InChI=1S/C22H21FN4O/c1-22(2)12-17-19(18(28)13-22)20(24-16-10-8-14(23)9-11-16)27-21(26-17)25-15-6-4-3-5-7-15/h3-11H,12-13H2,1-2H3,(H2,24,25,26,27). The van der Waals surface area contributed by atoms with Gasteiger partial charge in [-0.25, -0.2) is 9.37 Å². The number of nitrogens with one attached hydrogen (secondary N) is 2. The van der Waals surface area contributed by atoms with Gasteiger partial charge in [-0.2, -0.15) is 4.98 Å². The minimum Gasteiger partial charge on any atom is -0.339 e. The zero-order valence-electron chi connectivity index (χ0n) is 15.8. The minimum absolute atomic E-state index is 0.0159. The lowest BCUT2D eigenvalue weighted by Gasteiger charge is -2.30. The second-order valence-corrected chi connectivity index (χ2v) is 7.78. The van der Waals surface area contributed by atoms with Gasteiger partial charge in [0, 0.05) is 17.8 Å². The molecule has 0 radical (unpaired) electrons. The van der Waals surface area contributed by atoms with Crippen LogP contribution in [0.25, 0.3) is 0 Å². The van der Waals surface area contributed by atoms with Gasteiger partial charge in [0.2, 0.25) is 5.95 Å². The fourth-order valence-electron chi connectivity index (χ4n) is 3.43. The van der Waals surface area contributed by atoms with Crippen molar-refractivity contribution in [2.45, 2.75) is 26.7 Å². The summed E-state index contributed by atoms with van der Waals surface area (Å²) in [4.78, 5) is 22.0. The quantitative estimate of drug-likeness (QED) is 0.650. The molecule has 28 heavy (non-hydrogen) atoms. The smallest absolute Gasteiger partial charge is 0.229 e. The van der Waals surface area contributed by atoms with Crippen molar-refractivity contribution in [2.75, 3.05) is 10.6 Å². The van der Waals surface area contributed by atoms with E-state index in [9.17, 15) is 9.18 Å². The number of anilines is 4. The molecule has 0 saturated carbocycles. The first-order chi connectivity index (χ1) is 13.4. The van der Waals surface area contributed by atoms with Gasteiger partial charge in [-0.15, -0.1) is 0 Å². The Morgan fingerprint density at radius 3 is 2.29 bits per heavy atom. The molecule has 1 aliphatic rings. The summed E-state index contributed by atoms with van der Waals surface area (Å²) in [5.41, 5.74) is 2.60. The van der Waals surface area contributed by atoms with Crippen molar-refractivity contribution in [3.8, 4) is 0 Å².